The molecule has 1 aliphatic heterocycles. The van der Waals surface area contributed by atoms with Crippen LogP contribution in [0, 0.1) is 17.6 Å². The third-order valence-corrected chi connectivity index (χ3v) is 6.80. The van der Waals surface area contributed by atoms with E-state index >= 15 is 0 Å². The molecule has 0 aliphatic carbocycles. The van der Waals surface area contributed by atoms with E-state index < -0.39 is 0 Å². The van der Waals surface area contributed by atoms with E-state index in [4.69, 9.17) is 4.74 Å². The van der Waals surface area contributed by atoms with Gasteiger partial charge in [-0.3, -0.25) is 4.79 Å². The zero-order valence-electron chi connectivity index (χ0n) is 20.3. The van der Waals surface area contributed by atoms with E-state index in [0.717, 1.165) is 28.0 Å². The Morgan fingerprint density at radius 1 is 0.811 bits per heavy atom. The van der Waals surface area contributed by atoms with Crippen LogP contribution in [-0.4, -0.2) is 5.91 Å². The first-order valence-electron chi connectivity index (χ1n) is 12.3. The lowest BCUT2D eigenvalue weighted by Gasteiger charge is -2.48. The Morgan fingerprint density at radius 3 is 2.08 bits per heavy atom. The van der Waals surface area contributed by atoms with Crippen molar-refractivity contribution < 1.29 is 18.3 Å². The SMILES string of the molecule is C=C(CCC1C(=O)N(c2ccc(F)cc2)[C@@H]1c1ccc(OCc2ccccc2)cc1)c1ccc(F)cc1. The van der Waals surface area contributed by atoms with Crippen LogP contribution in [0.4, 0.5) is 14.5 Å². The Balaban J connectivity index is 1.33. The molecule has 1 fully saturated rings. The highest BCUT2D eigenvalue weighted by Crippen LogP contribution is 2.46. The van der Waals surface area contributed by atoms with E-state index in [-0.39, 0.29) is 29.5 Å². The van der Waals surface area contributed by atoms with Crippen LogP contribution >= 0.6 is 0 Å². The van der Waals surface area contributed by atoms with Gasteiger partial charge in [0.15, 0.2) is 0 Å². The first-order chi connectivity index (χ1) is 18.0. The summed E-state index contributed by atoms with van der Waals surface area (Å²) < 4.78 is 32.8. The molecule has 0 saturated carbocycles. The molecule has 186 valence electrons. The van der Waals surface area contributed by atoms with Gasteiger partial charge in [0.05, 0.1) is 12.0 Å². The third kappa shape index (κ3) is 5.46. The molecule has 0 bridgehead atoms. The Bertz CT molecular complexity index is 1370. The van der Waals surface area contributed by atoms with E-state index in [1.807, 2.05) is 54.6 Å². The maximum absolute atomic E-state index is 13.6. The molecule has 37 heavy (non-hydrogen) atoms. The highest BCUT2D eigenvalue weighted by Gasteiger charge is 2.48. The van der Waals surface area contributed by atoms with E-state index in [1.54, 1.807) is 29.2 Å². The summed E-state index contributed by atoms with van der Waals surface area (Å²) in [6, 6.07) is 29.8. The standard InChI is InChI=1S/C32H27F2NO2/c1-22(24-8-12-26(33)13-9-24)7-20-30-31(35(32(30)36)28-16-14-27(34)15-17-28)25-10-18-29(19-11-25)37-21-23-5-3-2-4-6-23/h2-6,8-19,30-31H,1,7,20-21H2/t30?,31-/m1/s1. The minimum absolute atomic E-state index is 0.00656. The molecule has 0 aromatic heterocycles. The van der Waals surface area contributed by atoms with Gasteiger partial charge in [-0.25, -0.2) is 8.78 Å². The van der Waals surface area contributed by atoms with Crippen molar-refractivity contribution in [3.05, 3.63) is 138 Å². The molecule has 1 amide bonds. The predicted octanol–water partition coefficient (Wildman–Crippen LogP) is 7.74. The zero-order chi connectivity index (χ0) is 25.8. The molecule has 4 aromatic rings. The topological polar surface area (TPSA) is 29.5 Å². The highest BCUT2D eigenvalue weighted by atomic mass is 19.1. The first kappa shape index (κ1) is 24.4. The van der Waals surface area contributed by atoms with Gasteiger partial charge < -0.3 is 9.64 Å². The number of hydrogen-bond donors (Lipinski definition) is 0. The molecule has 3 nitrogen and oxygen atoms in total. The van der Waals surface area contributed by atoms with Gasteiger partial charge in [-0.2, -0.15) is 0 Å². The van der Waals surface area contributed by atoms with Crippen LogP contribution in [0.3, 0.4) is 0 Å². The third-order valence-electron chi connectivity index (χ3n) is 6.80. The smallest absolute Gasteiger partial charge is 0.233 e. The summed E-state index contributed by atoms with van der Waals surface area (Å²) >= 11 is 0. The lowest BCUT2D eigenvalue weighted by atomic mass is 9.78. The van der Waals surface area contributed by atoms with Gasteiger partial charge in [0.25, 0.3) is 0 Å². The van der Waals surface area contributed by atoms with Crippen LogP contribution in [0.15, 0.2) is 110 Å². The summed E-state index contributed by atoms with van der Waals surface area (Å²) in [5, 5.41) is 0. The van der Waals surface area contributed by atoms with Crippen molar-refractivity contribution >= 4 is 17.2 Å². The van der Waals surface area contributed by atoms with Crippen LogP contribution in [0.2, 0.25) is 0 Å². The van der Waals surface area contributed by atoms with Crippen LogP contribution in [-0.2, 0) is 11.4 Å². The van der Waals surface area contributed by atoms with Crippen molar-refractivity contribution in [1.29, 1.82) is 0 Å². The number of hydrogen-bond acceptors (Lipinski definition) is 2. The lowest BCUT2D eigenvalue weighted by molar-refractivity contribution is -0.130. The number of rotatable bonds is 9. The highest BCUT2D eigenvalue weighted by molar-refractivity contribution is 6.03. The van der Waals surface area contributed by atoms with E-state index in [1.165, 1.54) is 24.3 Å². The van der Waals surface area contributed by atoms with Crippen molar-refractivity contribution in [1.82, 2.24) is 0 Å². The fraction of sp³-hybridized carbons (Fsp3) is 0.156. The molecule has 2 atom stereocenters. The average Bonchev–Trinajstić information content (AvgIpc) is 2.93. The Kier molecular flexibility index (Phi) is 7.13. The molecular weight excluding hydrogens is 468 g/mol. The maximum atomic E-state index is 13.6. The van der Waals surface area contributed by atoms with Crippen molar-refractivity contribution in [3.8, 4) is 5.75 Å². The number of halogens is 2. The Labute approximate surface area is 215 Å². The monoisotopic (exact) mass is 495 g/mol. The summed E-state index contributed by atoms with van der Waals surface area (Å²) in [6.45, 7) is 4.62. The van der Waals surface area contributed by atoms with Crippen LogP contribution < -0.4 is 9.64 Å². The van der Waals surface area contributed by atoms with Gasteiger partial charge >= 0.3 is 0 Å². The normalized spacial score (nSPS) is 16.8. The number of ether oxygens (including phenoxy) is 1. The molecule has 0 N–H and O–H groups in total. The molecule has 4 aromatic carbocycles. The molecule has 0 radical (unpaired) electrons. The molecule has 0 spiro atoms. The van der Waals surface area contributed by atoms with E-state index in [2.05, 4.69) is 6.58 Å². The number of carbonyl (C=O) groups is 1. The number of carbonyl (C=O) groups excluding carboxylic acids is 1. The summed E-state index contributed by atoms with van der Waals surface area (Å²) in [6.07, 6.45) is 1.21. The Morgan fingerprint density at radius 2 is 1.43 bits per heavy atom. The van der Waals surface area contributed by atoms with Crippen molar-refractivity contribution in [2.75, 3.05) is 4.90 Å². The number of amides is 1. The molecule has 1 heterocycles. The fourth-order valence-corrected chi connectivity index (χ4v) is 4.76. The number of benzene rings is 4. The van der Waals surface area contributed by atoms with Gasteiger partial charge in [-0.15, -0.1) is 0 Å². The summed E-state index contributed by atoms with van der Waals surface area (Å²) in [5.74, 6) is -0.156. The van der Waals surface area contributed by atoms with Gasteiger partial charge in [-0.05, 0) is 83.6 Å². The minimum atomic E-state index is -0.347. The van der Waals surface area contributed by atoms with Crippen LogP contribution in [0.1, 0.15) is 35.6 Å². The number of nitrogens with zero attached hydrogens (tertiary/aromatic N) is 1. The molecule has 5 rings (SSSR count). The van der Waals surface area contributed by atoms with Crippen LogP contribution in [0.5, 0.6) is 5.75 Å². The van der Waals surface area contributed by atoms with Crippen molar-refractivity contribution in [3.63, 3.8) is 0 Å². The van der Waals surface area contributed by atoms with Crippen molar-refractivity contribution in [2.45, 2.75) is 25.5 Å². The molecular formula is C32H27F2NO2. The molecule has 1 aliphatic rings. The van der Waals surface area contributed by atoms with Gasteiger partial charge in [0.2, 0.25) is 5.91 Å². The van der Waals surface area contributed by atoms with Crippen LogP contribution in [0.25, 0.3) is 5.57 Å². The first-order valence-corrected chi connectivity index (χ1v) is 12.3. The number of β-lactam (4-membered cyclic amide) rings is 1. The van der Waals surface area contributed by atoms with E-state index in [9.17, 15) is 13.6 Å². The second-order valence-corrected chi connectivity index (χ2v) is 9.23. The molecule has 5 heteroatoms. The molecule has 1 saturated heterocycles. The summed E-state index contributed by atoms with van der Waals surface area (Å²) in [5.41, 5.74) is 4.44. The Hall–Kier alpha value is -4.25. The van der Waals surface area contributed by atoms with Crippen molar-refractivity contribution in [2.24, 2.45) is 5.92 Å². The fourth-order valence-electron chi connectivity index (χ4n) is 4.76. The van der Waals surface area contributed by atoms with Gasteiger partial charge in [-0.1, -0.05) is 61.2 Å². The second-order valence-electron chi connectivity index (χ2n) is 9.23. The molecule has 1 unspecified atom stereocenters. The predicted molar refractivity (Wildman–Crippen MR) is 142 cm³/mol. The summed E-state index contributed by atoms with van der Waals surface area (Å²) in [7, 11) is 0. The second kappa shape index (κ2) is 10.8. The average molecular weight is 496 g/mol. The summed E-state index contributed by atoms with van der Waals surface area (Å²) in [4.78, 5) is 15.0. The quantitative estimate of drug-likeness (QED) is 0.222. The largest absolute Gasteiger partial charge is 0.489 e. The maximum Gasteiger partial charge on any atom is 0.233 e. The zero-order valence-corrected chi connectivity index (χ0v) is 20.3. The van der Waals surface area contributed by atoms with Gasteiger partial charge in [0, 0.05) is 5.69 Å². The van der Waals surface area contributed by atoms with E-state index in [0.29, 0.717) is 25.1 Å². The number of anilines is 1. The number of allylic oxidation sites excluding steroid dienone is 1. The van der Waals surface area contributed by atoms with Gasteiger partial charge in [0.1, 0.15) is 24.0 Å². The minimum Gasteiger partial charge on any atom is -0.489 e. The lowest BCUT2D eigenvalue weighted by Crippen LogP contribution is -2.55.